The summed E-state index contributed by atoms with van der Waals surface area (Å²) < 4.78 is 0. The molecular formula is C10H19NS2. The van der Waals surface area contributed by atoms with Gasteiger partial charge in [0.2, 0.25) is 0 Å². The molecule has 0 bridgehead atoms. The van der Waals surface area contributed by atoms with Gasteiger partial charge in [-0.05, 0) is 25.3 Å². The monoisotopic (exact) mass is 217 g/mol. The first-order chi connectivity index (χ1) is 6.42. The van der Waals surface area contributed by atoms with Crippen LogP contribution in [0.4, 0.5) is 0 Å². The van der Waals surface area contributed by atoms with Crippen LogP contribution in [0.3, 0.4) is 0 Å². The zero-order valence-electron chi connectivity index (χ0n) is 8.29. The fourth-order valence-corrected chi connectivity index (χ4v) is 4.97. The van der Waals surface area contributed by atoms with Crippen molar-refractivity contribution in [2.75, 3.05) is 23.8 Å². The van der Waals surface area contributed by atoms with E-state index in [1.807, 2.05) is 0 Å². The van der Waals surface area contributed by atoms with E-state index in [0.29, 0.717) is 0 Å². The Morgan fingerprint density at radius 1 is 1.38 bits per heavy atom. The second kappa shape index (κ2) is 4.94. The van der Waals surface area contributed by atoms with Gasteiger partial charge >= 0.3 is 0 Å². The fraction of sp³-hybridized carbons (Fsp3) is 1.00. The molecule has 0 aromatic heterocycles. The van der Waals surface area contributed by atoms with E-state index >= 15 is 0 Å². The Balaban J connectivity index is 1.84. The average Bonchev–Trinajstić information content (AvgIpc) is 2.99. The first-order valence-corrected chi connectivity index (χ1v) is 7.55. The van der Waals surface area contributed by atoms with Crippen LogP contribution in [-0.2, 0) is 0 Å². The lowest BCUT2D eigenvalue weighted by molar-refractivity contribution is 0.474. The molecule has 1 aliphatic heterocycles. The molecule has 1 saturated heterocycles. The molecule has 13 heavy (non-hydrogen) atoms. The molecule has 1 saturated carbocycles. The molecule has 0 spiro atoms. The summed E-state index contributed by atoms with van der Waals surface area (Å²) in [7, 11) is 0. The minimum atomic E-state index is 0.822. The highest BCUT2D eigenvalue weighted by atomic mass is 32.2. The molecule has 2 fully saturated rings. The Kier molecular flexibility index (Phi) is 3.87. The molecule has 0 radical (unpaired) electrons. The molecule has 1 N–H and O–H groups in total. The molecule has 2 atom stereocenters. The quantitative estimate of drug-likeness (QED) is 0.775. The van der Waals surface area contributed by atoms with Crippen LogP contribution in [0.2, 0.25) is 0 Å². The second-order valence-electron chi connectivity index (χ2n) is 3.91. The average molecular weight is 217 g/mol. The normalized spacial score (nSPS) is 31.6. The first kappa shape index (κ1) is 10.2. The minimum absolute atomic E-state index is 0.822. The van der Waals surface area contributed by atoms with E-state index < -0.39 is 0 Å². The summed E-state index contributed by atoms with van der Waals surface area (Å²) in [6, 6.07) is 0.822. The molecule has 3 heteroatoms. The van der Waals surface area contributed by atoms with Gasteiger partial charge in [-0.25, -0.2) is 0 Å². The van der Waals surface area contributed by atoms with Crippen LogP contribution in [0.15, 0.2) is 0 Å². The van der Waals surface area contributed by atoms with Gasteiger partial charge in [0.1, 0.15) is 0 Å². The maximum atomic E-state index is 3.68. The highest BCUT2D eigenvalue weighted by Crippen LogP contribution is 2.39. The SMILES string of the molecule is CCNC(C1CC1)C1CSCCS1. The van der Waals surface area contributed by atoms with E-state index in [9.17, 15) is 0 Å². The summed E-state index contributed by atoms with van der Waals surface area (Å²) in [4.78, 5) is 0. The summed E-state index contributed by atoms with van der Waals surface area (Å²) >= 11 is 4.34. The summed E-state index contributed by atoms with van der Waals surface area (Å²) in [5.41, 5.74) is 0. The zero-order valence-corrected chi connectivity index (χ0v) is 9.92. The third-order valence-corrected chi connectivity index (χ3v) is 5.70. The molecule has 1 nitrogen and oxygen atoms in total. The lowest BCUT2D eigenvalue weighted by Gasteiger charge is -2.30. The zero-order chi connectivity index (χ0) is 9.10. The summed E-state index contributed by atoms with van der Waals surface area (Å²) in [6.07, 6.45) is 2.94. The van der Waals surface area contributed by atoms with E-state index in [-0.39, 0.29) is 0 Å². The lowest BCUT2D eigenvalue weighted by Crippen LogP contribution is -2.42. The molecule has 2 unspecified atom stereocenters. The van der Waals surface area contributed by atoms with Crippen molar-refractivity contribution in [3.8, 4) is 0 Å². The van der Waals surface area contributed by atoms with Crippen molar-refractivity contribution < 1.29 is 0 Å². The third kappa shape index (κ3) is 2.80. The number of nitrogens with one attached hydrogen (secondary N) is 1. The van der Waals surface area contributed by atoms with Gasteiger partial charge in [-0.15, -0.1) is 0 Å². The van der Waals surface area contributed by atoms with Crippen molar-refractivity contribution in [3.05, 3.63) is 0 Å². The van der Waals surface area contributed by atoms with Crippen LogP contribution >= 0.6 is 23.5 Å². The smallest absolute Gasteiger partial charge is 0.0294 e. The van der Waals surface area contributed by atoms with E-state index in [2.05, 4.69) is 35.8 Å². The van der Waals surface area contributed by atoms with Crippen LogP contribution in [0.1, 0.15) is 19.8 Å². The topological polar surface area (TPSA) is 12.0 Å². The van der Waals surface area contributed by atoms with E-state index in [4.69, 9.17) is 0 Å². The van der Waals surface area contributed by atoms with Gasteiger partial charge in [-0.3, -0.25) is 0 Å². The van der Waals surface area contributed by atoms with Gasteiger partial charge in [0, 0.05) is 28.6 Å². The van der Waals surface area contributed by atoms with E-state index in [1.165, 1.54) is 30.1 Å². The molecule has 1 aliphatic carbocycles. The maximum Gasteiger partial charge on any atom is 0.0294 e. The molecule has 2 aliphatic rings. The Morgan fingerprint density at radius 2 is 2.23 bits per heavy atom. The molecule has 0 amide bonds. The highest BCUT2D eigenvalue weighted by Gasteiger charge is 2.36. The van der Waals surface area contributed by atoms with Gasteiger partial charge in [-0.2, -0.15) is 23.5 Å². The predicted octanol–water partition coefficient (Wildman–Crippen LogP) is 2.22. The van der Waals surface area contributed by atoms with Crippen molar-refractivity contribution in [3.63, 3.8) is 0 Å². The molecule has 1 heterocycles. The van der Waals surface area contributed by atoms with Crippen LogP contribution in [0.25, 0.3) is 0 Å². The van der Waals surface area contributed by atoms with Crippen molar-refractivity contribution in [1.82, 2.24) is 5.32 Å². The highest BCUT2D eigenvalue weighted by molar-refractivity contribution is 8.06. The minimum Gasteiger partial charge on any atom is -0.313 e. The van der Waals surface area contributed by atoms with Gasteiger partial charge in [0.25, 0.3) is 0 Å². The van der Waals surface area contributed by atoms with Gasteiger partial charge in [0.05, 0.1) is 0 Å². The standard InChI is InChI=1S/C10H19NS2/c1-2-11-10(8-3-4-8)9-7-12-5-6-13-9/h8-11H,2-7H2,1H3. The molecule has 2 rings (SSSR count). The predicted molar refractivity (Wildman–Crippen MR) is 63.8 cm³/mol. The van der Waals surface area contributed by atoms with Crippen LogP contribution in [0, 0.1) is 5.92 Å². The van der Waals surface area contributed by atoms with Crippen molar-refractivity contribution in [2.24, 2.45) is 5.92 Å². The Hall–Kier alpha value is 0.660. The molecule has 76 valence electrons. The molecular weight excluding hydrogens is 198 g/mol. The molecule has 0 aromatic carbocycles. The van der Waals surface area contributed by atoms with Gasteiger partial charge in [-0.1, -0.05) is 6.92 Å². The second-order valence-corrected chi connectivity index (χ2v) is 6.40. The Morgan fingerprint density at radius 3 is 2.77 bits per heavy atom. The third-order valence-electron chi connectivity index (χ3n) is 2.81. The van der Waals surface area contributed by atoms with E-state index in [0.717, 1.165) is 23.8 Å². The van der Waals surface area contributed by atoms with Crippen molar-refractivity contribution in [2.45, 2.75) is 31.1 Å². The number of rotatable bonds is 4. The van der Waals surface area contributed by atoms with Crippen LogP contribution in [-0.4, -0.2) is 35.1 Å². The number of thioether (sulfide) groups is 2. The van der Waals surface area contributed by atoms with Crippen molar-refractivity contribution in [1.29, 1.82) is 0 Å². The maximum absolute atomic E-state index is 3.68. The Labute approximate surface area is 89.8 Å². The summed E-state index contributed by atoms with van der Waals surface area (Å²) in [5.74, 6) is 5.11. The number of hydrogen-bond donors (Lipinski definition) is 1. The first-order valence-electron chi connectivity index (χ1n) is 5.34. The van der Waals surface area contributed by atoms with Crippen molar-refractivity contribution >= 4 is 23.5 Å². The van der Waals surface area contributed by atoms with E-state index in [1.54, 1.807) is 0 Å². The summed E-state index contributed by atoms with van der Waals surface area (Å²) in [5, 5.41) is 4.57. The van der Waals surface area contributed by atoms with Crippen LogP contribution in [0.5, 0.6) is 0 Å². The van der Waals surface area contributed by atoms with Crippen LogP contribution < -0.4 is 5.32 Å². The fourth-order valence-electron chi connectivity index (χ4n) is 2.01. The molecule has 0 aromatic rings. The lowest BCUT2D eigenvalue weighted by atomic mass is 10.1. The van der Waals surface area contributed by atoms with Gasteiger partial charge in [0.15, 0.2) is 0 Å². The largest absolute Gasteiger partial charge is 0.313 e. The Bertz CT molecular complexity index is 153. The van der Waals surface area contributed by atoms with Gasteiger partial charge < -0.3 is 5.32 Å². The summed E-state index contributed by atoms with van der Waals surface area (Å²) in [6.45, 7) is 3.37. The number of hydrogen-bond acceptors (Lipinski definition) is 3.